The van der Waals surface area contributed by atoms with Crippen molar-refractivity contribution in [1.29, 1.82) is 0 Å². The van der Waals surface area contributed by atoms with E-state index in [1.54, 1.807) is 17.0 Å². The summed E-state index contributed by atoms with van der Waals surface area (Å²) in [5.41, 5.74) is 1.54. The first-order chi connectivity index (χ1) is 10.2. The molecule has 3 rings (SSSR count). The number of nitrogens with one attached hydrogen (secondary N) is 1. The first kappa shape index (κ1) is 13.7. The van der Waals surface area contributed by atoms with Crippen LogP contribution in [0.5, 0.6) is 0 Å². The first-order valence-corrected chi connectivity index (χ1v) is 6.98. The van der Waals surface area contributed by atoms with E-state index in [4.69, 9.17) is 16.0 Å². The van der Waals surface area contributed by atoms with Gasteiger partial charge in [-0.1, -0.05) is 12.1 Å². The number of halogens is 1. The van der Waals surface area contributed by atoms with Crippen molar-refractivity contribution in [3.05, 3.63) is 47.4 Å². The van der Waals surface area contributed by atoms with E-state index in [2.05, 4.69) is 5.32 Å². The highest BCUT2D eigenvalue weighted by Gasteiger charge is 2.24. The van der Waals surface area contributed by atoms with Crippen LogP contribution < -0.4 is 10.2 Å². The Kier molecular flexibility index (Phi) is 3.66. The Hall–Kier alpha value is -2.27. The van der Waals surface area contributed by atoms with Crippen molar-refractivity contribution in [2.45, 2.75) is 12.8 Å². The topological polar surface area (TPSA) is 62.6 Å². The lowest BCUT2D eigenvalue weighted by Gasteiger charge is -2.19. The second kappa shape index (κ2) is 5.61. The van der Waals surface area contributed by atoms with E-state index in [1.165, 1.54) is 12.3 Å². The maximum atomic E-state index is 12.2. The lowest BCUT2D eigenvalue weighted by molar-refractivity contribution is -0.117. The number of anilines is 2. The summed E-state index contributed by atoms with van der Waals surface area (Å²) >= 11 is 5.80. The third-order valence-corrected chi connectivity index (χ3v) is 3.67. The maximum Gasteiger partial charge on any atom is 0.260 e. The van der Waals surface area contributed by atoms with Gasteiger partial charge in [0.1, 0.15) is 0 Å². The van der Waals surface area contributed by atoms with E-state index < -0.39 is 0 Å². The monoisotopic (exact) mass is 304 g/mol. The SMILES string of the molecule is O=C(Nc1ccccc1N1CCCC1=O)c1ccoc1Cl. The first-order valence-electron chi connectivity index (χ1n) is 6.60. The van der Waals surface area contributed by atoms with Crippen LogP contribution in [0.2, 0.25) is 5.22 Å². The summed E-state index contributed by atoms with van der Waals surface area (Å²) in [6, 6.07) is 8.71. The molecule has 6 heteroatoms. The third kappa shape index (κ3) is 2.64. The van der Waals surface area contributed by atoms with Crippen molar-refractivity contribution in [2.75, 3.05) is 16.8 Å². The number of benzene rings is 1. The largest absolute Gasteiger partial charge is 0.452 e. The molecular weight excluding hydrogens is 292 g/mol. The zero-order chi connectivity index (χ0) is 14.8. The van der Waals surface area contributed by atoms with Crippen LogP contribution in [0.3, 0.4) is 0 Å². The highest BCUT2D eigenvalue weighted by atomic mass is 35.5. The number of hydrogen-bond donors (Lipinski definition) is 1. The summed E-state index contributed by atoms with van der Waals surface area (Å²) in [7, 11) is 0. The minimum atomic E-state index is -0.368. The number of carbonyl (C=O) groups is 2. The molecule has 0 atom stereocenters. The molecular formula is C15H13ClN2O3. The van der Waals surface area contributed by atoms with Gasteiger partial charge in [0.15, 0.2) is 0 Å². The van der Waals surface area contributed by atoms with Gasteiger partial charge >= 0.3 is 0 Å². The van der Waals surface area contributed by atoms with E-state index in [-0.39, 0.29) is 22.6 Å². The summed E-state index contributed by atoms with van der Waals surface area (Å²) in [6.07, 6.45) is 2.72. The van der Waals surface area contributed by atoms with Gasteiger partial charge in [-0.05, 0) is 36.2 Å². The Morgan fingerprint density at radius 1 is 1.29 bits per heavy atom. The predicted octanol–water partition coefficient (Wildman–Crippen LogP) is 3.31. The summed E-state index contributed by atoms with van der Waals surface area (Å²) in [6.45, 7) is 0.665. The van der Waals surface area contributed by atoms with Gasteiger partial charge < -0.3 is 14.6 Å². The van der Waals surface area contributed by atoms with Crippen LogP contribution in [-0.4, -0.2) is 18.4 Å². The lowest BCUT2D eigenvalue weighted by Crippen LogP contribution is -2.25. The molecule has 1 N–H and O–H groups in total. The van der Waals surface area contributed by atoms with Gasteiger partial charge in [0.05, 0.1) is 23.2 Å². The van der Waals surface area contributed by atoms with E-state index in [0.717, 1.165) is 6.42 Å². The molecule has 2 amide bonds. The Labute approximate surface area is 126 Å². The van der Waals surface area contributed by atoms with Crippen LogP contribution >= 0.6 is 11.6 Å². The molecule has 0 radical (unpaired) electrons. The highest BCUT2D eigenvalue weighted by Crippen LogP contribution is 2.30. The molecule has 1 aromatic carbocycles. The predicted molar refractivity (Wildman–Crippen MR) is 79.7 cm³/mol. The van der Waals surface area contributed by atoms with E-state index in [1.807, 2.05) is 12.1 Å². The van der Waals surface area contributed by atoms with Crippen molar-refractivity contribution in [2.24, 2.45) is 0 Å². The molecule has 1 aromatic heterocycles. The van der Waals surface area contributed by atoms with Crippen molar-refractivity contribution in [3.63, 3.8) is 0 Å². The molecule has 0 bridgehead atoms. The summed E-state index contributed by atoms with van der Waals surface area (Å²) in [4.78, 5) is 25.7. The summed E-state index contributed by atoms with van der Waals surface area (Å²) in [5.74, 6) is -0.300. The Morgan fingerprint density at radius 2 is 2.10 bits per heavy atom. The average molecular weight is 305 g/mol. The molecule has 1 fully saturated rings. The molecule has 2 aromatic rings. The van der Waals surface area contributed by atoms with Crippen LogP contribution in [0.15, 0.2) is 41.0 Å². The standard InChI is InChI=1S/C15H13ClN2O3/c16-14-10(7-9-21-14)15(20)17-11-4-1-2-5-12(11)18-8-3-6-13(18)19/h1-2,4-5,7,9H,3,6,8H2,(H,17,20). The van der Waals surface area contributed by atoms with Crippen molar-refractivity contribution >= 4 is 34.8 Å². The van der Waals surface area contributed by atoms with E-state index in [0.29, 0.717) is 24.3 Å². The number of nitrogens with zero attached hydrogens (tertiary/aromatic N) is 1. The second-order valence-corrected chi connectivity index (χ2v) is 5.07. The molecule has 2 heterocycles. The van der Waals surface area contributed by atoms with Gasteiger partial charge in [-0.15, -0.1) is 0 Å². The van der Waals surface area contributed by atoms with Gasteiger partial charge in [-0.25, -0.2) is 0 Å². The van der Waals surface area contributed by atoms with Gasteiger partial charge in [-0.2, -0.15) is 0 Å². The molecule has 108 valence electrons. The smallest absolute Gasteiger partial charge is 0.260 e. The summed E-state index contributed by atoms with van der Waals surface area (Å²) < 4.78 is 4.91. The van der Waals surface area contributed by atoms with Gasteiger partial charge in [0, 0.05) is 13.0 Å². The zero-order valence-corrected chi connectivity index (χ0v) is 11.9. The molecule has 5 nitrogen and oxygen atoms in total. The highest BCUT2D eigenvalue weighted by molar-refractivity contribution is 6.32. The quantitative estimate of drug-likeness (QED) is 0.946. The van der Waals surface area contributed by atoms with Crippen molar-refractivity contribution < 1.29 is 14.0 Å². The van der Waals surface area contributed by atoms with Gasteiger partial charge in [-0.3, -0.25) is 9.59 Å². The fourth-order valence-electron chi connectivity index (χ4n) is 2.36. The minimum absolute atomic E-state index is 0.0437. The fraction of sp³-hybridized carbons (Fsp3) is 0.200. The molecule has 1 aliphatic rings. The third-order valence-electron chi connectivity index (χ3n) is 3.38. The Bertz CT molecular complexity index is 696. The molecule has 0 spiro atoms. The van der Waals surface area contributed by atoms with Gasteiger partial charge in [0.25, 0.3) is 5.91 Å². The number of para-hydroxylation sites is 2. The summed E-state index contributed by atoms with van der Waals surface area (Å²) in [5, 5.41) is 2.82. The fourth-order valence-corrected chi connectivity index (χ4v) is 2.56. The second-order valence-electron chi connectivity index (χ2n) is 4.73. The molecule has 0 saturated carbocycles. The molecule has 0 aliphatic carbocycles. The van der Waals surface area contributed by atoms with Crippen LogP contribution in [0.1, 0.15) is 23.2 Å². The number of furan rings is 1. The van der Waals surface area contributed by atoms with Gasteiger partial charge in [0.2, 0.25) is 11.1 Å². The van der Waals surface area contributed by atoms with Crippen LogP contribution in [-0.2, 0) is 4.79 Å². The number of carbonyl (C=O) groups excluding carboxylic acids is 2. The number of amides is 2. The number of rotatable bonds is 3. The van der Waals surface area contributed by atoms with Crippen molar-refractivity contribution in [1.82, 2.24) is 0 Å². The maximum absolute atomic E-state index is 12.2. The number of hydrogen-bond acceptors (Lipinski definition) is 3. The normalized spacial score (nSPS) is 14.5. The van der Waals surface area contributed by atoms with Crippen LogP contribution in [0.4, 0.5) is 11.4 Å². The molecule has 21 heavy (non-hydrogen) atoms. The molecule has 1 aliphatic heterocycles. The van der Waals surface area contributed by atoms with E-state index in [9.17, 15) is 9.59 Å². The Balaban J connectivity index is 1.88. The van der Waals surface area contributed by atoms with Crippen LogP contribution in [0.25, 0.3) is 0 Å². The van der Waals surface area contributed by atoms with Crippen molar-refractivity contribution in [3.8, 4) is 0 Å². The Morgan fingerprint density at radius 3 is 2.76 bits per heavy atom. The zero-order valence-electron chi connectivity index (χ0n) is 11.1. The average Bonchev–Trinajstić information content (AvgIpc) is 3.08. The van der Waals surface area contributed by atoms with Crippen LogP contribution in [0, 0.1) is 0 Å². The lowest BCUT2D eigenvalue weighted by atomic mass is 10.2. The molecule has 0 unspecified atom stereocenters. The van der Waals surface area contributed by atoms with E-state index >= 15 is 0 Å². The minimum Gasteiger partial charge on any atom is -0.452 e. The molecule has 1 saturated heterocycles.